The lowest BCUT2D eigenvalue weighted by Gasteiger charge is -2.18. The van der Waals surface area contributed by atoms with Crippen molar-refractivity contribution in [3.8, 4) is 0 Å². The highest BCUT2D eigenvalue weighted by Crippen LogP contribution is 2.15. The van der Waals surface area contributed by atoms with Gasteiger partial charge in [0.2, 0.25) is 5.91 Å². The molecular formula is C61H107NO9. The van der Waals surface area contributed by atoms with Crippen LogP contribution in [0.1, 0.15) is 278 Å². The highest BCUT2D eigenvalue weighted by molar-refractivity contribution is 5.78. The van der Waals surface area contributed by atoms with Gasteiger partial charge in [-0.05, 0) is 83.5 Å². The number of ether oxygens (including phenoxy) is 4. The van der Waals surface area contributed by atoms with E-state index in [2.05, 4.69) is 74.7 Å². The third kappa shape index (κ3) is 53.9. The first-order chi connectivity index (χ1) is 34.8. The number of amides is 1. The first kappa shape index (κ1) is 67.3. The van der Waals surface area contributed by atoms with Crippen molar-refractivity contribution < 1.29 is 42.9 Å². The van der Waals surface area contributed by atoms with Crippen molar-refractivity contribution in [3.63, 3.8) is 0 Å². The SMILES string of the molecule is CCCCC/C=C\C/C=C\CCCCCCCC(=O)OCC(COC(=O)CCC(=O)OCCNC(=O)CCCCCCCCCCCCCCC)OC(=O)CCCCCCC/C=C\C/C=C\CCCCC. The maximum atomic E-state index is 12.8. The number of unbranched alkanes of at least 4 members (excludes halogenated alkanes) is 28. The first-order valence-electron chi connectivity index (χ1n) is 29.3. The molecule has 410 valence electrons. The second kappa shape index (κ2) is 55.6. The highest BCUT2D eigenvalue weighted by atomic mass is 16.6. The van der Waals surface area contributed by atoms with Crippen LogP contribution in [0.4, 0.5) is 0 Å². The molecule has 1 N–H and O–H groups in total. The predicted molar refractivity (Wildman–Crippen MR) is 294 cm³/mol. The molecule has 0 saturated heterocycles. The summed E-state index contributed by atoms with van der Waals surface area (Å²) in [6.07, 6.45) is 57.7. The Bertz CT molecular complexity index is 1370. The Balaban J connectivity index is 4.50. The average Bonchev–Trinajstić information content (AvgIpc) is 3.36. The molecule has 1 unspecified atom stereocenters. The molecule has 1 amide bonds. The number of hydrogen-bond acceptors (Lipinski definition) is 9. The summed E-state index contributed by atoms with van der Waals surface area (Å²) in [5.41, 5.74) is 0. The number of hydrogen-bond donors (Lipinski definition) is 1. The molecule has 1 atom stereocenters. The number of nitrogens with one attached hydrogen (secondary N) is 1. The monoisotopic (exact) mass is 998 g/mol. The fraction of sp³-hybridized carbons (Fsp3) is 0.787. The summed E-state index contributed by atoms with van der Waals surface area (Å²) in [5.74, 6) is -2.09. The van der Waals surface area contributed by atoms with Gasteiger partial charge in [0.1, 0.15) is 19.8 Å². The van der Waals surface area contributed by atoms with Crippen molar-refractivity contribution in [1.82, 2.24) is 5.32 Å². The lowest BCUT2D eigenvalue weighted by molar-refractivity contribution is -0.167. The minimum absolute atomic E-state index is 0.0193. The fourth-order valence-electron chi connectivity index (χ4n) is 8.06. The van der Waals surface area contributed by atoms with Gasteiger partial charge in [-0.1, -0.05) is 211 Å². The van der Waals surface area contributed by atoms with Crippen molar-refractivity contribution in [2.24, 2.45) is 0 Å². The van der Waals surface area contributed by atoms with E-state index in [-0.39, 0.29) is 63.9 Å². The van der Waals surface area contributed by atoms with Gasteiger partial charge >= 0.3 is 23.9 Å². The maximum absolute atomic E-state index is 12.8. The minimum atomic E-state index is -0.951. The highest BCUT2D eigenvalue weighted by Gasteiger charge is 2.20. The number of allylic oxidation sites excluding steroid dienone is 8. The molecule has 0 bridgehead atoms. The van der Waals surface area contributed by atoms with E-state index in [0.29, 0.717) is 19.3 Å². The normalized spacial score (nSPS) is 12.1. The molecule has 0 aliphatic heterocycles. The van der Waals surface area contributed by atoms with E-state index in [1.54, 1.807) is 0 Å². The molecule has 0 aromatic rings. The molecule has 71 heavy (non-hydrogen) atoms. The Kier molecular flexibility index (Phi) is 52.7. The standard InChI is InChI=1S/C61H107NO9/c1-4-7-10-13-16-19-22-25-27-30-33-36-39-42-45-48-58(64)69-54-56(71-61(67)49-46-43-40-37-34-31-28-26-23-20-17-14-11-8-5-2)55-70-60(66)51-50-59(65)68-53-52-62-57(63)47-44-41-38-35-32-29-24-21-18-15-12-9-6-3/h16-17,19-20,25-28,56H,4-15,18,21-24,29-55H2,1-3H3,(H,62,63)/b19-16-,20-17-,27-25-,28-26-. The summed E-state index contributed by atoms with van der Waals surface area (Å²) in [7, 11) is 0. The molecule has 0 spiro atoms. The van der Waals surface area contributed by atoms with E-state index in [1.807, 2.05) is 0 Å². The summed E-state index contributed by atoms with van der Waals surface area (Å²) < 4.78 is 21.7. The Morgan fingerprint density at radius 2 is 0.676 bits per heavy atom. The lowest BCUT2D eigenvalue weighted by atomic mass is 10.0. The lowest BCUT2D eigenvalue weighted by Crippen LogP contribution is -2.31. The molecule has 10 nitrogen and oxygen atoms in total. The summed E-state index contributed by atoms with van der Waals surface area (Å²) in [5, 5.41) is 2.79. The van der Waals surface area contributed by atoms with Gasteiger partial charge in [-0.25, -0.2) is 0 Å². The zero-order valence-electron chi connectivity index (χ0n) is 46.0. The number of esters is 4. The van der Waals surface area contributed by atoms with Crippen LogP contribution >= 0.6 is 0 Å². The zero-order chi connectivity index (χ0) is 51.8. The second-order valence-corrected chi connectivity index (χ2v) is 19.5. The summed E-state index contributed by atoms with van der Waals surface area (Å²) in [4.78, 5) is 62.6. The van der Waals surface area contributed by atoms with Gasteiger partial charge in [-0.15, -0.1) is 0 Å². The average molecular weight is 999 g/mol. The Morgan fingerprint density at radius 1 is 0.352 bits per heavy atom. The van der Waals surface area contributed by atoms with Crippen LogP contribution in [-0.2, 0) is 42.9 Å². The number of carbonyl (C=O) groups excluding carboxylic acids is 5. The van der Waals surface area contributed by atoms with Crippen LogP contribution in [0, 0.1) is 0 Å². The molecule has 0 aromatic heterocycles. The van der Waals surface area contributed by atoms with Gasteiger partial charge in [0, 0.05) is 19.3 Å². The predicted octanol–water partition coefficient (Wildman–Crippen LogP) is 16.5. The molecule has 0 rings (SSSR count). The fourth-order valence-corrected chi connectivity index (χ4v) is 8.06. The molecule has 0 aliphatic carbocycles. The van der Waals surface area contributed by atoms with E-state index in [9.17, 15) is 24.0 Å². The molecule has 0 fully saturated rings. The van der Waals surface area contributed by atoms with Crippen LogP contribution in [0.3, 0.4) is 0 Å². The van der Waals surface area contributed by atoms with Crippen LogP contribution in [0.2, 0.25) is 0 Å². The topological polar surface area (TPSA) is 134 Å². The van der Waals surface area contributed by atoms with Crippen molar-refractivity contribution in [1.29, 1.82) is 0 Å². The van der Waals surface area contributed by atoms with Gasteiger partial charge < -0.3 is 24.3 Å². The van der Waals surface area contributed by atoms with Gasteiger partial charge in [0.25, 0.3) is 0 Å². The zero-order valence-corrected chi connectivity index (χ0v) is 46.0. The maximum Gasteiger partial charge on any atom is 0.306 e. The number of rotatable bonds is 53. The van der Waals surface area contributed by atoms with Crippen molar-refractivity contribution in [2.45, 2.75) is 284 Å². The smallest absolute Gasteiger partial charge is 0.306 e. The van der Waals surface area contributed by atoms with Gasteiger partial charge in [0.05, 0.1) is 19.4 Å². The Hall–Kier alpha value is -3.69. The van der Waals surface area contributed by atoms with E-state index in [0.717, 1.165) is 103 Å². The third-order valence-corrected chi connectivity index (χ3v) is 12.5. The Labute approximate surface area is 435 Å². The number of carbonyl (C=O) groups is 5. The van der Waals surface area contributed by atoms with Gasteiger partial charge in [-0.3, -0.25) is 24.0 Å². The molecule has 0 heterocycles. The minimum Gasteiger partial charge on any atom is -0.464 e. The Morgan fingerprint density at radius 3 is 1.11 bits per heavy atom. The van der Waals surface area contributed by atoms with Crippen LogP contribution in [0.5, 0.6) is 0 Å². The van der Waals surface area contributed by atoms with Crippen LogP contribution in [0.25, 0.3) is 0 Å². The molecule has 0 radical (unpaired) electrons. The summed E-state index contributed by atoms with van der Waals surface area (Å²) >= 11 is 0. The van der Waals surface area contributed by atoms with E-state index in [1.165, 1.54) is 109 Å². The van der Waals surface area contributed by atoms with Crippen molar-refractivity contribution in [2.75, 3.05) is 26.4 Å². The van der Waals surface area contributed by atoms with E-state index >= 15 is 0 Å². The third-order valence-electron chi connectivity index (χ3n) is 12.5. The summed E-state index contributed by atoms with van der Waals surface area (Å²) in [6, 6.07) is 0. The first-order valence-corrected chi connectivity index (χ1v) is 29.3. The summed E-state index contributed by atoms with van der Waals surface area (Å²) in [6.45, 7) is 6.43. The van der Waals surface area contributed by atoms with Crippen LogP contribution in [-0.4, -0.2) is 62.3 Å². The molecule has 10 heteroatoms. The molecule has 0 saturated carbocycles. The van der Waals surface area contributed by atoms with Crippen molar-refractivity contribution in [3.05, 3.63) is 48.6 Å². The van der Waals surface area contributed by atoms with E-state index in [4.69, 9.17) is 18.9 Å². The second-order valence-electron chi connectivity index (χ2n) is 19.5. The molecule has 0 aliphatic rings. The molecule has 0 aromatic carbocycles. The van der Waals surface area contributed by atoms with E-state index < -0.39 is 24.0 Å². The largest absolute Gasteiger partial charge is 0.464 e. The van der Waals surface area contributed by atoms with Gasteiger partial charge in [0.15, 0.2) is 6.10 Å². The molecular weight excluding hydrogens is 891 g/mol. The van der Waals surface area contributed by atoms with Crippen molar-refractivity contribution >= 4 is 29.8 Å². The van der Waals surface area contributed by atoms with Crippen LogP contribution < -0.4 is 5.32 Å². The van der Waals surface area contributed by atoms with Crippen LogP contribution in [0.15, 0.2) is 48.6 Å². The quantitative estimate of drug-likeness (QED) is 0.0273. The van der Waals surface area contributed by atoms with Gasteiger partial charge in [-0.2, -0.15) is 0 Å².